The third-order valence-corrected chi connectivity index (χ3v) is 4.72. The van der Waals surface area contributed by atoms with E-state index in [-0.39, 0.29) is 11.6 Å². The summed E-state index contributed by atoms with van der Waals surface area (Å²) < 4.78 is 11.3. The van der Waals surface area contributed by atoms with E-state index in [4.69, 9.17) is 9.47 Å². The van der Waals surface area contributed by atoms with Crippen molar-refractivity contribution in [2.45, 2.75) is 20.8 Å². The minimum absolute atomic E-state index is 0.107. The monoisotopic (exact) mass is 444 g/mol. The van der Waals surface area contributed by atoms with Crippen LogP contribution in [0, 0.1) is 6.92 Å². The van der Waals surface area contributed by atoms with Gasteiger partial charge < -0.3 is 20.1 Å². The average molecular weight is 445 g/mol. The van der Waals surface area contributed by atoms with E-state index in [1.807, 2.05) is 51.1 Å². The topological polar surface area (TPSA) is 76.7 Å². The second-order valence-electron chi connectivity index (χ2n) is 7.27. The van der Waals surface area contributed by atoms with Crippen molar-refractivity contribution in [3.8, 4) is 11.5 Å². The van der Waals surface area contributed by atoms with E-state index in [1.165, 1.54) is 0 Å². The highest BCUT2D eigenvalue weighted by Gasteiger charge is 2.16. The number of amides is 2. The second kappa shape index (κ2) is 11.5. The molecule has 170 valence electrons. The molecule has 0 aliphatic carbocycles. The maximum Gasteiger partial charge on any atom is 0.272 e. The lowest BCUT2D eigenvalue weighted by Gasteiger charge is -2.13. The Morgan fingerprint density at radius 3 is 2.18 bits per heavy atom. The Kier molecular flexibility index (Phi) is 8.24. The highest BCUT2D eigenvalue weighted by Crippen LogP contribution is 2.29. The van der Waals surface area contributed by atoms with Gasteiger partial charge in [-0.25, -0.2) is 0 Å². The van der Waals surface area contributed by atoms with Crippen molar-refractivity contribution in [1.82, 2.24) is 5.32 Å². The summed E-state index contributed by atoms with van der Waals surface area (Å²) in [5.41, 5.74) is 2.96. The molecule has 0 bridgehead atoms. The fourth-order valence-corrected chi connectivity index (χ4v) is 3.10. The molecule has 6 nitrogen and oxygen atoms in total. The maximum atomic E-state index is 13.1. The molecule has 0 spiro atoms. The van der Waals surface area contributed by atoms with Gasteiger partial charge in [0.05, 0.1) is 13.2 Å². The molecule has 0 atom stereocenters. The molecule has 0 aliphatic rings. The van der Waals surface area contributed by atoms with Crippen LogP contribution < -0.4 is 20.1 Å². The van der Waals surface area contributed by atoms with Gasteiger partial charge in [-0.1, -0.05) is 42.0 Å². The minimum atomic E-state index is -0.435. The molecule has 0 fully saturated rings. The Balaban J connectivity index is 1.93. The van der Waals surface area contributed by atoms with Gasteiger partial charge in [0.2, 0.25) is 0 Å². The lowest BCUT2D eigenvalue weighted by Crippen LogP contribution is -2.30. The van der Waals surface area contributed by atoms with E-state index in [0.29, 0.717) is 41.5 Å². The van der Waals surface area contributed by atoms with Crippen LogP contribution in [0.25, 0.3) is 6.08 Å². The molecule has 3 aromatic rings. The van der Waals surface area contributed by atoms with E-state index >= 15 is 0 Å². The van der Waals surface area contributed by atoms with E-state index < -0.39 is 5.91 Å². The first-order chi connectivity index (χ1) is 16.0. The summed E-state index contributed by atoms with van der Waals surface area (Å²) in [5.74, 6) is 0.378. The molecule has 0 aliphatic heterocycles. The van der Waals surface area contributed by atoms with Crippen molar-refractivity contribution in [3.05, 3.63) is 95.2 Å². The predicted octanol–water partition coefficient (Wildman–Crippen LogP) is 5.20. The smallest absolute Gasteiger partial charge is 0.272 e. The van der Waals surface area contributed by atoms with Crippen molar-refractivity contribution < 1.29 is 19.1 Å². The molecule has 0 heterocycles. The SMILES string of the molecule is CCOc1ccc(C=C(NC(=O)c2ccccc2)C(=O)Nc2ccc(C)cc2)cc1OCC. The van der Waals surface area contributed by atoms with Gasteiger partial charge in [-0.05, 0) is 68.8 Å². The van der Waals surface area contributed by atoms with Gasteiger partial charge in [-0.15, -0.1) is 0 Å². The van der Waals surface area contributed by atoms with Crippen LogP contribution in [0.2, 0.25) is 0 Å². The molecule has 3 rings (SSSR count). The van der Waals surface area contributed by atoms with Gasteiger partial charge in [-0.2, -0.15) is 0 Å². The number of carbonyl (C=O) groups excluding carboxylic acids is 2. The molecule has 0 radical (unpaired) electrons. The van der Waals surface area contributed by atoms with Crippen LogP contribution in [0.3, 0.4) is 0 Å². The summed E-state index contributed by atoms with van der Waals surface area (Å²) in [6, 6.07) is 21.6. The molecule has 0 aromatic heterocycles. The lowest BCUT2D eigenvalue weighted by molar-refractivity contribution is -0.113. The number of rotatable bonds is 9. The fourth-order valence-electron chi connectivity index (χ4n) is 3.10. The first-order valence-corrected chi connectivity index (χ1v) is 10.9. The molecule has 0 unspecified atom stereocenters. The normalized spacial score (nSPS) is 10.9. The molecular formula is C27H28N2O4. The van der Waals surface area contributed by atoms with Crippen molar-refractivity contribution in [1.29, 1.82) is 0 Å². The summed E-state index contributed by atoms with van der Waals surface area (Å²) in [6.07, 6.45) is 1.61. The fraction of sp³-hybridized carbons (Fsp3) is 0.185. The van der Waals surface area contributed by atoms with Crippen LogP contribution in [0.5, 0.6) is 11.5 Å². The van der Waals surface area contributed by atoms with Gasteiger partial charge in [0.25, 0.3) is 11.8 Å². The molecule has 6 heteroatoms. The number of hydrogen-bond donors (Lipinski definition) is 2. The number of aryl methyl sites for hydroxylation is 1. The zero-order valence-electron chi connectivity index (χ0n) is 19.1. The van der Waals surface area contributed by atoms with E-state index in [0.717, 1.165) is 5.56 Å². The van der Waals surface area contributed by atoms with Crippen molar-refractivity contribution in [3.63, 3.8) is 0 Å². The maximum absolute atomic E-state index is 13.1. The molecule has 0 saturated carbocycles. The Labute approximate surface area is 194 Å². The molecule has 33 heavy (non-hydrogen) atoms. The molecule has 3 aromatic carbocycles. The van der Waals surface area contributed by atoms with Crippen LogP contribution >= 0.6 is 0 Å². The standard InChI is InChI=1S/C27H28N2O4/c1-4-32-24-16-13-20(18-25(24)33-5-2)17-23(29-26(30)21-9-7-6-8-10-21)27(31)28-22-14-11-19(3)12-15-22/h6-18H,4-5H2,1-3H3,(H,28,31)(H,29,30). The highest BCUT2D eigenvalue weighted by molar-refractivity contribution is 6.10. The number of nitrogens with one attached hydrogen (secondary N) is 2. The third-order valence-electron chi connectivity index (χ3n) is 4.72. The minimum Gasteiger partial charge on any atom is -0.490 e. The van der Waals surface area contributed by atoms with Crippen LogP contribution in [0.15, 0.2) is 78.5 Å². The Bertz CT molecular complexity index is 1120. The average Bonchev–Trinajstić information content (AvgIpc) is 2.82. The first kappa shape index (κ1) is 23.6. The number of carbonyl (C=O) groups is 2. The Hall–Kier alpha value is -4.06. The highest BCUT2D eigenvalue weighted by atomic mass is 16.5. The lowest BCUT2D eigenvalue weighted by atomic mass is 10.1. The zero-order chi connectivity index (χ0) is 23.6. The third kappa shape index (κ3) is 6.71. The molecule has 2 amide bonds. The number of benzene rings is 3. The van der Waals surface area contributed by atoms with Crippen molar-refractivity contribution >= 4 is 23.6 Å². The van der Waals surface area contributed by atoms with E-state index in [1.54, 1.807) is 48.5 Å². The first-order valence-electron chi connectivity index (χ1n) is 10.9. The Morgan fingerprint density at radius 2 is 1.52 bits per heavy atom. The predicted molar refractivity (Wildman–Crippen MR) is 130 cm³/mol. The van der Waals surface area contributed by atoms with Gasteiger partial charge >= 0.3 is 0 Å². The van der Waals surface area contributed by atoms with E-state index in [2.05, 4.69) is 10.6 Å². The van der Waals surface area contributed by atoms with Gasteiger partial charge in [0.1, 0.15) is 5.70 Å². The van der Waals surface area contributed by atoms with Crippen LogP contribution in [0.4, 0.5) is 5.69 Å². The van der Waals surface area contributed by atoms with Crippen LogP contribution in [0.1, 0.15) is 35.3 Å². The number of anilines is 1. The zero-order valence-corrected chi connectivity index (χ0v) is 19.1. The molecular weight excluding hydrogens is 416 g/mol. The number of ether oxygens (including phenoxy) is 2. The van der Waals surface area contributed by atoms with Gasteiger partial charge in [-0.3, -0.25) is 9.59 Å². The summed E-state index contributed by atoms with van der Waals surface area (Å²) in [5, 5.41) is 5.58. The quantitative estimate of drug-likeness (QED) is 0.445. The van der Waals surface area contributed by atoms with Crippen LogP contribution in [-0.2, 0) is 4.79 Å². The second-order valence-corrected chi connectivity index (χ2v) is 7.27. The van der Waals surface area contributed by atoms with Crippen molar-refractivity contribution in [2.24, 2.45) is 0 Å². The van der Waals surface area contributed by atoms with Crippen molar-refractivity contribution in [2.75, 3.05) is 18.5 Å². The van der Waals surface area contributed by atoms with Gasteiger partial charge in [0.15, 0.2) is 11.5 Å². The van der Waals surface area contributed by atoms with Crippen LogP contribution in [-0.4, -0.2) is 25.0 Å². The summed E-state index contributed by atoms with van der Waals surface area (Å²) in [6.45, 7) is 6.74. The molecule has 2 N–H and O–H groups in total. The number of hydrogen-bond acceptors (Lipinski definition) is 4. The summed E-state index contributed by atoms with van der Waals surface area (Å²) >= 11 is 0. The molecule has 0 saturated heterocycles. The van der Waals surface area contributed by atoms with Gasteiger partial charge in [0, 0.05) is 11.3 Å². The summed E-state index contributed by atoms with van der Waals surface area (Å²) in [7, 11) is 0. The van der Waals surface area contributed by atoms with E-state index in [9.17, 15) is 9.59 Å². The Morgan fingerprint density at radius 1 is 0.848 bits per heavy atom. The summed E-state index contributed by atoms with van der Waals surface area (Å²) in [4.78, 5) is 25.9. The largest absolute Gasteiger partial charge is 0.490 e.